The molecule has 0 aliphatic rings. The highest BCUT2D eigenvalue weighted by Crippen LogP contribution is 2.40. The summed E-state index contributed by atoms with van der Waals surface area (Å²) in [5.74, 6) is -1.17. The van der Waals surface area contributed by atoms with Gasteiger partial charge >= 0.3 is 12.1 Å². The van der Waals surface area contributed by atoms with Gasteiger partial charge in [-0.15, -0.1) is 0 Å². The summed E-state index contributed by atoms with van der Waals surface area (Å²) in [7, 11) is 0. The van der Waals surface area contributed by atoms with Gasteiger partial charge in [-0.2, -0.15) is 0 Å². The molecule has 0 spiro atoms. The van der Waals surface area contributed by atoms with Crippen LogP contribution in [-0.2, 0) is 16.0 Å². The number of hydrogen-bond donors (Lipinski definition) is 1. The van der Waals surface area contributed by atoms with Crippen molar-refractivity contribution in [3.8, 4) is 22.5 Å². The number of halogens is 1. The average Bonchev–Trinajstić information content (AvgIpc) is 3.22. The zero-order valence-corrected chi connectivity index (χ0v) is 20.1. The molecular formula is C28H25FN2O5. The zero-order valence-electron chi connectivity index (χ0n) is 20.1. The van der Waals surface area contributed by atoms with Gasteiger partial charge < -0.3 is 14.4 Å². The molecule has 0 saturated carbocycles. The van der Waals surface area contributed by atoms with Crippen LogP contribution in [0.25, 0.3) is 22.5 Å². The number of aromatic nitrogens is 1. The van der Waals surface area contributed by atoms with Crippen LogP contribution in [0.5, 0.6) is 0 Å². The van der Waals surface area contributed by atoms with Crippen LogP contribution in [0.2, 0.25) is 0 Å². The lowest BCUT2D eigenvalue weighted by molar-refractivity contribution is -0.136. The highest BCUT2D eigenvalue weighted by Gasteiger charge is 2.30. The lowest BCUT2D eigenvalue weighted by Gasteiger charge is -2.22. The molecule has 1 amide bonds. The minimum atomic E-state index is -0.881. The predicted molar refractivity (Wildman–Crippen MR) is 134 cm³/mol. The van der Waals surface area contributed by atoms with E-state index in [1.807, 2.05) is 37.3 Å². The lowest BCUT2D eigenvalue weighted by atomic mass is 9.96. The smallest absolute Gasteiger partial charge is 0.419 e. The highest BCUT2D eigenvalue weighted by atomic mass is 19.1. The average molecular weight is 489 g/mol. The van der Waals surface area contributed by atoms with E-state index in [9.17, 15) is 14.0 Å². The fraction of sp³-hybridized carbons (Fsp3) is 0.179. The summed E-state index contributed by atoms with van der Waals surface area (Å²) in [6, 6.07) is 18.9. The van der Waals surface area contributed by atoms with Crippen LogP contribution in [0.15, 0.2) is 71.3 Å². The summed E-state index contributed by atoms with van der Waals surface area (Å²) in [5.41, 5.74) is 4.90. The maximum Gasteiger partial charge on any atom is 0.419 e. The Kier molecular flexibility index (Phi) is 7.15. The van der Waals surface area contributed by atoms with E-state index in [2.05, 4.69) is 5.16 Å². The molecule has 0 aliphatic heterocycles. The number of rotatable bonds is 7. The van der Waals surface area contributed by atoms with Gasteiger partial charge in [0, 0.05) is 5.56 Å². The molecule has 0 atom stereocenters. The van der Waals surface area contributed by atoms with Crippen molar-refractivity contribution in [1.29, 1.82) is 0 Å². The zero-order chi connectivity index (χ0) is 25.8. The van der Waals surface area contributed by atoms with Crippen molar-refractivity contribution in [3.05, 3.63) is 89.4 Å². The number of aliphatic carboxylic acids is 1. The van der Waals surface area contributed by atoms with Gasteiger partial charge in [-0.25, -0.2) is 14.1 Å². The number of benzene rings is 3. The first-order valence-corrected chi connectivity index (χ1v) is 11.4. The highest BCUT2D eigenvalue weighted by molar-refractivity contribution is 6.00. The lowest BCUT2D eigenvalue weighted by Crippen LogP contribution is -2.28. The molecule has 0 aliphatic carbocycles. The summed E-state index contributed by atoms with van der Waals surface area (Å²) in [6.45, 7) is 5.40. The van der Waals surface area contributed by atoms with Crippen molar-refractivity contribution in [2.45, 2.75) is 27.2 Å². The van der Waals surface area contributed by atoms with E-state index in [1.165, 1.54) is 12.1 Å². The Hall–Kier alpha value is -4.46. The maximum atomic E-state index is 14.8. The van der Waals surface area contributed by atoms with E-state index in [-0.39, 0.29) is 18.7 Å². The Bertz CT molecular complexity index is 1410. The Morgan fingerprint density at radius 1 is 1.03 bits per heavy atom. The van der Waals surface area contributed by atoms with Crippen molar-refractivity contribution in [1.82, 2.24) is 5.16 Å². The van der Waals surface area contributed by atoms with Gasteiger partial charge in [-0.05, 0) is 61.2 Å². The van der Waals surface area contributed by atoms with Crippen LogP contribution in [-0.4, -0.2) is 28.9 Å². The van der Waals surface area contributed by atoms with Gasteiger partial charge in [-0.1, -0.05) is 53.7 Å². The Morgan fingerprint density at radius 2 is 1.72 bits per heavy atom. The number of carboxylic acid groups (broad SMARTS) is 1. The van der Waals surface area contributed by atoms with Crippen LogP contribution in [0.4, 0.5) is 20.6 Å². The van der Waals surface area contributed by atoms with Gasteiger partial charge in [0.05, 0.1) is 18.7 Å². The van der Waals surface area contributed by atoms with Crippen molar-refractivity contribution < 1.29 is 28.3 Å². The fourth-order valence-corrected chi connectivity index (χ4v) is 4.05. The standard InChI is InChI=1S/C28H25FN2O5/c1-4-35-28(34)31(24-8-6-5-7-23(24)29)26-18(3)30-36-27(26)21-13-14-22(17(2)15-21)20-11-9-19(10-12-20)16-25(32)33/h5-15H,4,16H2,1-3H3,(H,32,33). The molecule has 4 rings (SSSR count). The minimum absolute atomic E-state index is 0.0262. The van der Waals surface area contributed by atoms with E-state index in [4.69, 9.17) is 14.4 Å². The molecule has 0 radical (unpaired) electrons. The number of amides is 1. The quantitative estimate of drug-likeness (QED) is 0.312. The molecule has 7 nitrogen and oxygen atoms in total. The first-order valence-electron chi connectivity index (χ1n) is 11.4. The number of carboxylic acids is 1. The van der Waals surface area contributed by atoms with E-state index in [0.29, 0.717) is 22.7 Å². The van der Waals surface area contributed by atoms with Gasteiger partial charge in [0.2, 0.25) is 0 Å². The molecule has 0 unspecified atom stereocenters. The fourth-order valence-electron chi connectivity index (χ4n) is 4.05. The monoisotopic (exact) mass is 488 g/mol. The first kappa shape index (κ1) is 24.7. The van der Waals surface area contributed by atoms with Crippen LogP contribution in [0, 0.1) is 19.7 Å². The SMILES string of the molecule is CCOC(=O)N(c1ccccc1F)c1c(C)noc1-c1ccc(-c2ccc(CC(=O)O)cc2)c(C)c1. The Morgan fingerprint density at radius 3 is 2.36 bits per heavy atom. The largest absolute Gasteiger partial charge is 0.481 e. The maximum absolute atomic E-state index is 14.8. The van der Waals surface area contributed by atoms with Gasteiger partial charge in [0.25, 0.3) is 0 Å². The topological polar surface area (TPSA) is 92.9 Å². The Balaban J connectivity index is 1.76. The minimum Gasteiger partial charge on any atom is -0.481 e. The predicted octanol–water partition coefficient (Wildman–Crippen LogP) is 6.69. The molecule has 36 heavy (non-hydrogen) atoms. The molecule has 0 bridgehead atoms. The molecule has 1 heterocycles. The van der Waals surface area contributed by atoms with Crippen LogP contribution in [0.3, 0.4) is 0 Å². The second-order valence-electron chi connectivity index (χ2n) is 8.23. The molecule has 3 aromatic carbocycles. The number of ether oxygens (including phenoxy) is 1. The number of hydrogen-bond acceptors (Lipinski definition) is 5. The van der Waals surface area contributed by atoms with Crippen molar-refractivity contribution in [3.63, 3.8) is 0 Å². The van der Waals surface area contributed by atoms with Crippen LogP contribution < -0.4 is 4.90 Å². The van der Waals surface area contributed by atoms with E-state index < -0.39 is 17.9 Å². The van der Waals surface area contributed by atoms with Crippen LogP contribution >= 0.6 is 0 Å². The molecule has 184 valence electrons. The van der Waals surface area contributed by atoms with Gasteiger partial charge in [0.15, 0.2) is 5.76 Å². The number of nitrogens with zero attached hydrogens (tertiary/aromatic N) is 2. The third kappa shape index (κ3) is 4.98. The molecule has 0 fully saturated rings. The van der Waals surface area contributed by atoms with Gasteiger partial charge in [-0.3, -0.25) is 4.79 Å². The second-order valence-corrected chi connectivity index (χ2v) is 8.23. The Labute approximate surface area is 207 Å². The second kappa shape index (κ2) is 10.4. The first-order chi connectivity index (χ1) is 17.3. The summed E-state index contributed by atoms with van der Waals surface area (Å²) in [6.07, 6.45) is -0.782. The number of anilines is 2. The molecule has 8 heteroatoms. The van der Waals surface area contributed by atoms with Gasteiger partial charge in [0.1, 0.15) is 17.2 Å². The van der Waals surface area contributed by atoms with E-state index in [1.54, 1.807) is 38.1 Å². The number of carbonyl (C=O) groups excluding carboxylic acids is 1. The summed E-state index contributed by atoms with van der Waals surface area (Å²) in [4.78, 5) is 25.1. The van der Waals surface area contributed by atoms with E-state index >= 15 is 0 Å². The molecule has 4 aromatic rings. The number of aryl methyl sites for hydroxylation is 2. The molecule has 1 N–H and O–H groups in total. The third-order valence-electron chi connectivity index (χ3n) is 5.71. The number of para-hydroxylation sites is 1. The van der Waals surface area contributed by atoms with Crippen molar-refractivity contribution >= 4 is 23.4 Å². The number of carbonyl (C=O) groups is 2. The molecule has 0 saturated heterocycles. The molecule has 1 aromatic heterocycles. The third-order valence-corrected chi connectivity index (χ3v) is 5.71. The molecular weight excluding hydrogens is 463 g/mol. The van der Waals surface area contributed by atoms with E-state index in [0.717, 1.165) is 27.2 Å². The summed E-state index contributed by atoms with van der Waals surface area (Å²) < 4.78 is 25.6. The summed E-state index contributed by atoms with van der Waals surface area (Å²) >= 11 is 0. The normalized spacial score (nSPS) is 10.8. The van der Waals surface area contributed by atoms with Crippen LogP contribution in [0.1, 0.15) is 23.7 Å². The van der Waals surface area contributed by atoms with Crippen molar-refractivity contribution in [2.24, 2.45) is 0 Å². The van der Waals surface area contributed by atoms with Crippen molar-refractivity contribution in [2.75, 3.05) is 11.5 Å². The summed E-state index contributed by atoms with van der Waals surface area (Å²) in [5, 5.41) is 13.0.